The van der Waals surface area contributed by atoms with Crippen LogP contribution in [0.4, 0.5) is 0 Å². The summed E-state index contributed by atoms with van der Waals surface area (Å²) in [5.74, 6) is -0.0131. The summed E-state index contributed by atoms with van der Waals surface area (Å²) < 4.78 is 0. The van der Waals surface area contributed by atoms with E-state index >= 15 is 0 Å². The Balaban J connectivity index is 2.37. The number of carboxylic acids is 1. The molecule has 3 unspecified atom stereocenters. The van der Waals surface area contributed by atoms with E-state index in [1.165, 1.54) is 12.8 Å². The van der Waals surface area contributed by atoms with Crippen LogP contribution in [0.15, 0.2) is 0 Å². The summed E-state index contributed by atoms with van der Waals surface area (Å²) in [6.07, 6.45) is 3.32. The van der Waals surface area contributed by atoms with Crippen LogP contribution < -0.4 is 10.6 Å². The van der Waals surface area contributed by atoms with Gasteiger partial charge in [-0.25, -0.2) is 0 Å². The summed E-state index contributed by atoms with van der Waals surface area (Å²) in [6.45, 7) is 7.86. The molecular formula is C15H28N2O3. The molecule has 0 saturated carbocycles. The highest BCUT2D eigenvalue weighted by Gasteiger charge is 2.31. The number of hydrogen-bond acceptors (Lipinski definition) is 3. The zero-order chi connectivity index (χ0) is 15.2. The fourth-order valence-corrected chi connectivity index (χ4v) is 2.54. The van der Waals surface area contributed by atoms with Gasteiger partial charge in [-0.05, 0) is 51.1 Å². The van der Waals surface area contributed by atoms with Crippen LogP contribution in [0.5, 0.6) is 0 Å². The van der Waals surface area contributed by atoms with Gasteiger partial charge in [-0.3, -0.25) is 9.59 Å². The topological polar surface area (TPSA) is 78.4 Å². The molecule has 3 atom stereocenters. The van der Waals surface area contributed by atoms with Crippen LogP contribution >= 0.6 is 0 Å². The van der Waals surface area contributed by atoms with Crippen LogP contribution in [0, 0.1) is 17.3 Å². The van der Waals surface area contributed by atoms with Crippen LogP contribution in [0.25, 0.3) is 0 Å². The minimum absolute atomic E-state index is 0.0380. The van der Waals surface area contributed by atoms with Crippen molar-refractivity contribution < 1.29 is 14.7 Å². The predicted molar refractivity (Wildman–Crippen MR) is 78.4 cm³/mol. The van der Waals surface area contributed by atoms with Crippen LogP contribution in [-0.4, -0.2) is 36.6 Å². The number of amides is 1. The molecule has 0 aromatic heterocycles. The first-order valence-corrected chi connectivity index (χ1v) is 7.60. The Kier molecular flexibility index (Phi) is 6.46. The minimum Gasteiger partial charge on any atom is -0.481 e. The maximum absolute atomic E-state index is 12.0. The molecule has 1 fully saturated rings. The fraction of sp³-hybridized carbons (Fsp3) is 0.867. The molecule has 0 spiro atoms. The van der Waals surface area contributed by atoms with Gasteiger partial charge >= 0.3 is 5.97 Å². The third kappa shape index (κ3) is 4.78. The molecule has 1 saturated heterocycles. The number of piperidine rings is 1. The summed E-state index contributed by atoms with van der Waals surface area (Å²) >= 11 is 0. The molecule has 3 N–H and O–H groups in total. The lowest BCUT2D eigenvalue weighted by molar-refractivity contribution is -0.148. The molecular weight excluding hydrogens is 256 g/mol. The monoisotopic (exact) mass is 284 g/mol. The molecule has 1 amide bonds. The van der Waals surface area contributed by atoms with E-state index in [1.807, 2.05) is 6.92 Å². The third-order valence-electron chi connectivity index (χ3n) is 4.62. The summed E-state index contributed by atoms with van der Waals surface area (Å²) in [7, 11) is 0. The third-order valence-corrected chi connectivity index (χ3v) is 4.62. The zero-order valence-corrected chi connectivity index (χ0v) is 12.9. The van der Waals surface area contributed by atoms with Crippen LogP contribution in [-0.2, 0) is 9.59 Å². The largest absolute Gasteiger partial charge is 0.481 e. The summed E-state index contributed by atoms with van der Waals surface area (Å²) in [6, 6.07) is 0. The van der Waals surface area contributed by atoms with Gasteiger partial charge in [-0.1, -0.05) is 13.8 Å². The van der Waals surface area contributed by atoms with Gasteiger partial charge in [0.25, 0.3) is 0 Å². The Morgan fingerprint density at radius 1 is 1.50 bits per heavy atom. The smallest absolute Gasteiger partial charge is 0.311 e. The Morgan fingerprint density at radius 3 is 2.70 bits per heavy atom. The van der Waals surface area contributed by atoms with Gasteiger partial charge in [0.2, 0.25) is 5.91 Å². The lowest BCUT2D eigenvalue weighted by Gasteiger charge is -2.28. The number of nitrogens with one attached hydrogen (secondary N) is 2. The van der Waals surface area contributed by atoms with E-state index in [4.69, 9.17) is 0 Å². The quantitative estimate of drug-likeness (QED) is 0.664. The highest BCUT2D eigenvalue weighted by molar-refractivity contribution is 5.78. The molecule has 116 valence electrons. The van der Waals surface area contributed by atoms with E-state index in [2.05, 4.69) is 17.6 Å². The molecule has 1 aliphatic heterocycles. The molecule has 1 heterocycles. The molecule has 5 nitrogen and oxygen atoms in total. The Morgan fingerprint density at radius 2 is 2.20 bits per heavy atom. The second kappa shape index (κ2) is 7.62. The molecule has 0 radical (unpaired) electrons. The SMILES string of the molecule is CCC(C)(CNC(=O)CC(C)C1CCCNC1)C(=O)O. The molecule has 1 aliphatic rings. The fourth-order valence-electron chi connectivity index (χ4n) is 2.54. The summed E-state index contributed by atoms with van der Waals surface area (Å²) in [5.41, 5.74) is -0.870. The van der Waals surface area contributed by atoms with Crippen LogP contribution in [0.1, 0.15) is 46.5 Å². The lowest BCUT2D eigenvalue weighted by Crippen LogP contribution is -2.41. The van der Waals surface area contributed by atoms with Crippen molar-refractivity contribution in [2.45, 2.75) is 46.5 Å². The summed E-state index contributed by atoms with van der Waals surface area (Å²) in [5, 5.41) is 15.3. The molecule has 0 aliphatic carbocycles. The second-order valence-corrected chi connectivity index (χ2v) is 6.28. The first-order valence-electron chi connectivity index (χ1n) is 7.60. The first kappa shape index (κ1) is 17.0. The van der Waals surface area contributed by atoms with Gasteiger partial charge in [0.1, 0.15) is 0 Å². The number of rotatable bonds is 7. The normalized spacial score (nSPS) is 23.6. The van der Waals surface area contributed by atoms with Crippen molar-refractivity contribution in [3.05, 3.63) is 0 Å². The first-order chi connectivity index (χ1) is 9.39. The Labute approximate surface area is 121 Å². The van der Waals surface area contributed by atoms with Crippen molar-refractivity contribution in [3.63, 3.8) is 0 Å². The van der Waals surface area contributed by atoms with E-state index in [-0.39, 0.29) is 12.5 Å². The highest BCUT2D eigenvalue weighted by Crippen LogP contribution is 2.23. The summed E-state index contributed by atoms with van der Waals surface area (Å²) in [4.78, 5) is 23.1. The zero-order valence-electron chi connectivity index (χ0n) is 12.9. The predicted octanol–water partition coefficient (Wildman–Crippen LogP) is 1.63. The van der Waals surface area contributed by atoms with Gasteiger partial charge in [-0.15, -0.1) is 0 Å². The van der Waals surface area contributed by atoms with Gasteiger partial charge in [0.05, 0.1) is 5.41 Å². The van der Waals surface area contributed by atoms with E-state index < -0.39 is 11.4 Å². The van der Waals surface area contributed by atoms with Crippen molar-refractivity contribution in [1.29, 1.82) is 0 Å². The van der Waals surface area contributed by atoms with Crippen molar-refractivity contribution in [1.82, 2.24) is 10.6 Å². The molecule has 0 aromatic rings. The van der Waals surface area contributed by atoms with Crippen molar-refractivity contribution >= 4 is 11.9 Å². The van der Waals surface area contributed by atoms with Gasteiger partial charge < -0.3 is 15.7 Å². The van der Waals surface area contributed by atoms with E-state index in [0.29, 0.717) is 24.7 Å². The molecule has 5 heteroatoms. The van der Waals surface area contributed by atoms with Crippen LogP contribution in [0.2, 0.25) is 0 Å². The molecule has 0 aromatic carbocycles. The second-order valence-electron chi connectivity index (χ2n) is 6.28. The average molecular weight is 284 g/mol. The molecule has 0 bridgehead atoms. The van der Waals surface area contributed by atoms with Gasteiger partial charge in [0.15, 0.2) is 0 Å². The van der Waals surface area contributed by atoms with Gasteiger partial charge in [-0.2, -0.15) is 0 Å². The van der Waals surface area contributed by atoms with E-state index in [1.54, 1.807) is 6.92 Å². The van der Waals surface area contributed by atoms with Gasteiger partial charge in [0, 0.05) is 13.0 Å². The molecule has 20 heavy (non-hydrogen) atoms. The Bertz CT molecular complexity index is 340. The number of carbonyl (C=O) groups is 2. The van der Waals surface area contributed by atoms with Crippen molar-refractivity contribution in [2.75, 3.05) is 19.6 Å². The number of carboxylic acid groups (broad SMARTS) is 1. The number of carbonyl (C=O) groups excluding carboxylic acids is 1. The lowest BCUT2D eigenvalue weighted by atomic mass is 9.85. The van der Waals surface area contributed by atoms with Crippen LogP contribution in [0.3, 0.4) is 0 Å². The maximum atomic E-state index is 12.0. The number of hydrogen-bond donors (Lipinski definition) is 3. The van der Waals surface area contributed by atoms with Crippen molar-refractivity contribution in [3.8, 4) is 0 Å². The maximum Gasteiger partial charge on any atom is 0.311 e. The highest BCUT2D eigenvalue weighted by atomic mass is 16.4. The average Bonchev–Trinajstić information content (AvgIpc) is 2.45. The number of aliphatic carboxylic acids is 1. The van der Waals surface area contributed by atoms with E-state index in [0.717, 1.165) is 13.1 Å². The van der Waals surface area contributed by atoms with E-state index in [9.17, 15) is 14.7 Å². The Hall–Kier alpha value is -1.10. The van der Waals surface area contributed by atoms with Crippen molar-refractivity contribution in [2.24, 2.45) is 17.3 Å². The molecule has 1 rings (SSSR count). The standard InChI is InChI=1S/C15H28N2O3/c1-4-15(3,14(19)20)10-17-13(18)8-11(2)12-6-5-7-16-9-12/h11-12,16H,4-10H2,1-3H3,(H,17,18)(H,19,20). The minimum atomic E-state index is -0.870.